The van der Waals surface area contributed by atoms with Crippen LogP contribution in [-0.4, -0.2) is 16.6 Å². The summed E-state index contributed by atoms with van der Waals surface area (Å²) in [4.78, 5) is 2.19. The Balaban J connectivity index is 1.64. The molecule has 0 aliphatic carbocycles. The molecule has 0 bridgehead atoms. The van der Waals surface area contributed by atoms with Gasteiger partial charge in [0.05, 0.1) is 0 Å². The Labute approximate surface area is 171 Å². The molecule has 0 spiro atoms. The highest BCUT2D eigenvalue weighted by atomic mass is 35.5. The Bertz CT molecular complexity index is 835. The zero-order valence-corrected chi connectivity index (χ0v) is 16.7. The molecule has 0 amide bonds. The monoisotopic (exact) mass is 394 g/mol. The molecule has 0 fully saturated rings. The van der Waals surface area contributed by atoms with Crippen molar-refractivity contribution < 1.29 is 0 Å². The van der Waals surface area contributed by atoms with Gasteiger partial charge in [0, 0.05) is 24.7 Å². The van der Waals surface area contributed by atoms with E-state index in [2.05, 4.69) is 58.7 Å². The lowest BCUT2D eigenvalue weighted by molar-refractivity contribution is 0.399. The summed E-state index contributed by atoms with van der Waals surface area (Å²) in [5.74, 6) is 0. The van der Waals surface area contributed by atoms with Crippen LogP contribution in [-0.2, 0) is 19.5 Å². The fourth-order valence-corrected chi connectivity index (χ4v) is 3.24. The summed E-state index contributed by atoms with van der Waals surface area (Å²) in [7, 11) is 0. The molecule has 4 heteroatoms. The molecule has 0 heterocycles. The van der Waals surface area contributed by atoms with Gasteiger partial charge in [0.25, 0.3) is 0 Å². The number of hydrogen-bond donors (Lipinski definition) is 1. The van der Waals surface area contributed by atoms with E-state index in [1.54, 1.807) is 0 Å². The van der Waals surface area contributed by atoms with Crippen LogP contribution in [0.5, 0.6) is 0 Å². The molecule has 0 saturated carbocycles. The topological polar surface area (TPSA) is 15.3 Å². The minimum atomic E-state index is 0.739. The van der Waals surface area contributed by atoms with E-state index in [1.807, 2.05) is 36.4 Å². The van der Waals surface area contributed by atoms with Crippen molar-refractivity contribution in [1.29, 1.82) is 0 Å². The van der Waals surface area contributed by atoms with Crippen molar-refractivity contribution in [3.8, 4) is 0 Å². The zero-order valence-electron chi connectivity index (χ0n) is 15.1. The first-order chi connectivity index (χ1) is 13.2. The smallest absolute Gasteiger partial charge is 0.169 e. The van der Waals surface area contributed by atoms with E-state index in [1.165, 1.54) is 16.7 Å². The molecule has 3 aromatic rings. The maximum absolute atomic E-state index is 6.02. The number of benzene rings is 3. The molecule has 0 aromatic heterocycles. The van der Waals surface area contributed by atoms with Crippen molar-refractivity contribution in [2.75, 3.05) is 6.54 Å². The Kier molecular flexibility index (Phi) is 7.26. The van der Waals surface area contributed by atoms with E-state index in [9.17, 15) is 0 Å². The Morgan fingerprint density at radius 3 is 1.85 bits per heavy atom. The summed E-state index contributed by atoms with van der Waals surface area (Å²) in [5, 5.41) is 4.93. The van der Waals surface area contributed by atoms with E-state index >= 15 is 0 Å². The lowest BCUT2D eigenvalue weighted by Gasteiger charge is -2.26. The van der Waals surface area contributed by atoms with Crippen LogP contribution in [0.25, 0.3) is 0 Å². The molecule has 138 valence electrons. The minimum Gasteiger partial charge on any atom is -0.362 e. The Morgan fingerprint density at radius 1 is 0.741 bits per heavy atom. The third kappa shape index (κ3) is 6.38. The van der Waals surface area contributed by atoms with Gasteiger partial charge >= 0.3 is 0 Å². The average Bonchev–Trinajstić information content (AvgIpc) is 2.70. The lowest BCUT2D eigenvalue weighted by atomic mass is 10.1. The molecule has 3 rings (SSSR count). The maximum Gasteiger partial charge on any atom is 0.169 e. The molecular weight excluding hydrogens is 372 g/mol. The highest BCUT2D eigenvalue weighted by Crippen LogP contribution is 2.14. The van der Waals surface area contributed by atoms with Crippen LogP contribution >= 0.6 is 23.8 Å². The Morgan fingerprint density at radius 2 is 1.26 bits per heavy atom. The summed E-state index contributed by atoms with van der Waals surface area (Å²) < 4.78 is 0. The fourth-order valence-electron chi connectivity index (χ4n) is 2.88. The van der Waals surface area contributed by atoms with Gasteiger partial charge in [-0.15, -0.1) is 0 Å². The number of nitrogens with zero attached hydrogens (tertiary/aromatic N) is 1. The molecule has 0 aliphatic heterocycles. The average molecular weight is 395 g/mol. The van der Waals surface area contributed by atoms with Crippen molar-refractivity contribution in [2.45, 2.75) is 19.5 Å². The van der Waals surface area contributed by atoms with Crippen LogP contribution in [0.2, 0.25) is 5.02 Å². The highest BCUT2D eigenvalue weighted by Gasteiger charge is 2.11. The molecule has 0 aliphatic rings. The van der Waals surface area contributed by atoms with Crippen molar-refractivity contribution in [3.05, 3.63) is 107 Å². The SMILES string of the molecule is S=C(NCCc1ccccc1)N(Cc1ccccc1)Cc1ccc(Cl)cc1. The van der Waals surface area contributed by atoms with Gasteiger partial charge in [-0.25, -0.2) is 0 Å². The van der Waals surface area contributed by atoms with Gasteiger partial charge in [-0.05, 0) is 47.5 Å². The van der Waals surface area contributed by atoms with Gasteiger partial charge in [-0.2, -0.15) is 0 Å². The molecule has 3 aromatic carbocycles. The van der Waals surface area contributed by atoms with Crippen molar-refractivity contribution in [3.63, 3.8) is 0 Å². The van der Waals surface area contributed by atoms with Gasteiger partial charge in [0.1, 0.15) is 0 Å². The number of hydrogen-bond acceptors (Lipinski definition) is 1. The predicted molar refractivity (Wildman–Crippen MR) is 118 cm³/mol. The number of halogens is 1. The first kappa shape index (κ1) is 19.4. The summed E-state index contributed by atoms with van der Waals surface area (Å²) in [6, 6.07) is 28.8. The van der Waals surface area contributed by atoms with Crippen molar-refractivity contribution >= 4 is 28.9 Å². The van der Waals surface area contributed by atoms with Crippen LogP contribution in [0.3, 0.4) is 0 Å². The number of nitrogens with one attached hydrogen (secondary N) is 1. The van der Waals surface area contributed by atoms with Gasteiger partial charge in [0.2, 0.25) is 0 Å². The Hall–Kier alpha value is -2.36. The standard InChI is InChI=1S/C23H23ClN2S/c24-22-13-11-21(12-14-22)18-26(17-20-9-5-2-6-10-20)23(27)25-16-15-19-7-3-1-4-8-19/h1-14H,15-18H2,(H,25,27). The summed E-state index contributed by atoms with van der Waals surface area (Å²) in [5.41, 5.74) is 3.72. The normalized spacial score (nSPS) is 10.4. The molecule has 2 nitrogen and oxygen atoms in total. The van der Waals surface area contributed by atoms with Gasteiger partial charge in [-0.1, -0.05) is 84.4 Å². The molecule has 1 N–H and O–H groups in total. The van der Waals surface area contributed by atoms with E-state index in [-0.39, 0.29) is 0 Å². The van der Waals surface area contributed by atoms with Crippen molar-refractivity contribution in [2.24, 2.45) is 0 Å². The second-order valence-electron chi connectivity index (χ2n) is 6.44. The van der Waals surface area contributed by atoms with Crippen LogP contribution in [0.15, 0.2) is 84.9 Å². The minimum absolute atomic E-state index is 0.739. The van der Waals surface area contributed by atoms with Crippen LogP contribution in [0.4, 0.5) is 0 Å². The molecular formula is C23H23ClN2S. The van der Waals surface area contributed by atoms with Crippen LogP contribution < -0.4 is 5.32 Å². The molecule has 0 atom stereocenters. The van der Waals surface area contributed by atoms with Crippen LogP contribution in [0, 0.1) is 0 Å². The van der Waals surface area contributed by atoms with E-state index in [0.717, 1.165) is 36.2 Å². The van der Waals surface area contributed by atoms with E-state index in [0.29, 0.717) is 0 Å². The first-order valence-corrected chi connectivity index (χ1v) is 9.84. The highest BCUT2D eigenvalue weighted by molar-refractivity contribution is 7.80. The lowest BCUT2D eigenvalue weighted by Crippen LogP contribution is -2.39. The maximum atomic E-state index is 6.02. The molecule has 27 heavy (non-hydrogen) atoms. The fraction of sp³-hybridized carbons (Fsp3) is 0.174. The van der Waals surface area contributed by atoms with Crippen molar-refractivity contribution in [1.82, 2.24) is 10.2 Å². The quantitative estimate of drug-likeness (QED) is 0.535. The van der Waals surface area contributed by atoms with Gasteiger partial charge < -0.3 is 10.2 Å². The second-order valence-corrected chi connectivity index (χ2v) is 7.26. The largest absolute Gasteiger partial charge is 0.362 e. The third-order valence-corrected chi connectivity index (χ3v) is 4.98. The predicted octanol–water partition coefficient (Wildman–Crippen LogP) is 5.46. The van der Waals surface area contributed by atoms with Gasteiger partial charge in [0.15, 0.2) is 5.11 Å². The number of thiocarbonyl (C=S) groups is 1. The summed E-state index contributed by atoms with van der Waals surface area (Å²) in [6.45, 7) is 2.32. The first-order valence-electron chi connectivity index (χ1n) is 9.06. The van der Waals surface area contributed by atoms with E-state index in [4.69, 9.17) is 23.8 Å². The number of rotatable bonds is 7. The second kappa shape index (κ2) is 10.1. The molecule has 0 saturated heterocycles. The molecule has 0 unspecified atom stereocenters. The third-order valence-electron chi connectivity index (χ3n) is 4.32. The van der Waals surface area contributed by atoms with Gasteiger partial charge in [-0.3, -0.25) is 0 Å². The zero-order chi connectivity index (χ0) is 18.9. The summed E-state index contributed by atoms with van der Waals surface area (Å²) in [6.07, 6.45) is 0.946. The van der Waals surface area contributed by atoms with E-state index < -0.39 is 0 Å². The van der Waals surface area contributed by atoms with Crippen LogP contribution in [0.1, 0.15) is 16.7 Å². The summed E-state index contributed by atoms with van der Waals surface area (Å²) >= 11 is 11.7. The molecule has 0 radical (unpaired) electrons.